The average molecular weight is 265 g/mol. The van der Waals surface area contributed by atoms with Crippen molar-refractivity contribution in [2.75, 3.05) is 20.1 Å². The normalized spacial score (nSPS) is 22.4. The Morgan fingerprint density at radius 1 is 1.53 bits per heavy atom. The zero-order valence-electron chi connectivity index (χ0n) is 12.6. The van der Waals surface area contributed by atoms with Gasteiger partial charge in [0.2, 0.25) is 0 Å². The number of hydrogen-bond acceptors (Lipinski definition) is 4. The van der Waals surface area contributed by atoms with Crippen LogP contribution in [0.25, 0.3) is 0 Å². The van der Waals surface area contributed by atoms with Crippen LogP contribution in [0.4, 0.5) is 0 Å². The van der Waals surface area contributed by atoms with Crippen LogP contribution < -0.4 is 5.32 Å². The van der Waals surface area contributed by atoms with E-state index in [1.807, 2.05) is 0 Å². The third-order valence-corrected chi connectivity index (χ3v) is 3.71. The van der Waals surface area contributed by atoms with Crippen LogP contribution in [0.2, 0.25) is 0 Å². The minimum Gasteiger partial charge on any atom is -0.360 e. The van der Waals surface area contributed by atoms with Crippen LogP contribution in [0.1, 0.15) is 38.6 Å². The zero-order chi connectivity index (χ0) is 13.8. The molecule has 0 amide bonds. The summed E-state index contributed by atoms with van der Waals surface area (Å²) >= 11 is 0. The summed E-state index contributed by atoms with van der Waals surface area (Å²) in [5, 5.41) is 7.49. The van der Waals surface area contributed by atoms with E-state index >= 15 is 0 Å². The van der Waals surface area contributed by atoms with Gasteiger partial charge in [0.1, 0.15) is 0 Å². The summed E-state index contributed by atoms with van der Waals surface area (Å²) in [4.78, 5) is 2.33. The Bertz CT molecular complexity index is 388. The minimum absolute atomic E-state index is 0.665. The first-order chi connectivity index (χ1) is 9.04. The molecular weight excluding hydrogens is 238 g/mol. The molecule has 1 aliphatic rings. The van der Waals surface area contributed by atoms with Gasteiger partial charge in [-0.1, -0.05) is 25.9 Å². The molecule has 19 heavy (non-hydrogen) atoms. The molecule has 0 radical (unpaired) electrons. The second kappa shape index (κ2) is 6.53. The summed E-state index contributed by atoms with van der Waals surface area (Å²) in [5.41, 5.74) is 1.00. The second-order valence-electron chi connectivity index (χ2n) is 6.48. The summed E-state index contributed by atoms with van der Waals surface area (Å²) in [7, 11) is 2.16. The smallest absolute Gasteiger partial charge is 0.151 e. The molecule has 1 aromatic rings. The maximum Gasteiger partial charge on any atom is 0.151 e. The lowest BCUT2D eigenvalue weighted by Crippen LogP contribution is -2.20. The van der Waals surface area contributed by atoms with E-state index in [2.05, 4.69) is 49.3 Å². The second-order valence-corrected chi connectivity index (χ2v) is 6.48. The van der Waals surface area contributed by atoms with Gasteiger partial charge in [0.15, 0.2) is 5.76 Å². The van der Waals surface area contributed by atoms with Crippen molar-refractivity contribution in [1.29, 1.82) is 0 Å². The molecular formula is C15H27N3O. The van der Waals surface area contributed by atoms with Crippen molar-refractivity contribution in [3.05, 3.63) is 17.5 Å². The van der Waals surface area contributed by atoms with Gasteiger partial charge in [0.05, 0.1) is 12.2 Å². The molecule has 1 fully saturated rings. The van der Waals surface area contributed by atoms with Gasteiger partial charge in [-0.25, -0.2) is 0 Å². The highest BCUT2D eigenvalue weighted by atomic mass is 16.5. The van der Waals surface area contributed by atoms with Crippen LogP contribution in [-0.2, 0) is 13.1 Å². The summed E-state index contributed by atoms with van der Waals surface area (Å²) < 4.78 is 5.39. The van der Waals surface area contributed by atoms with E-state index in [4.69, 9.17) is 4.52 Å². The molecule has 0 spiro atoms. The number of nitrogens with zero attached hydrogens (tertiary/aromatic N) is 2. The molecule has 0 bridgehead atoms. The molecule has 1 N–H and O–H groups in total. The molecule has 1 aliphatic carbocycles. The number of nitrogens with one attached hydrogen (secondary N) is 1. The van der Waals surface area contributed by atoms with Gasteiger partial charge in [-0.15, -0.1) is 0 Å². The summed E-state index contributed by atoms with van der Waals surface area (Å²) in [6.45, 7) is 10.6. The highest BCUT2D eigenvalue weighted by Crippen LogP contribution is 2.38. The summed E-state index contributed by atoms with van der Waals surface area (Å²) in [6.07, 6.45) is 1.38. The topological polar surface area (TPSA) is 41.3 Å². The van der Waals surface area contributed by atoms with Crippen LogP contribution in [0, 0.1) is 17.8 Å². The molecule has 1 heterocycles. The average Bonchev–Trinajstić information content (AvgIpc) is 2.83. The van der Waals surface area contributed by atoms with Gasteiger partial charge in [0.25, 0.3) is 0 Å². The van der Waals surface area contributed by atoms with Crippen molar-refractivity contribution >= 4 is 0 Å². The van der Waals surface area contributed by atoms with Gasteiger partial charge < -0.3 is 9.84 Å². The lowest BCUT2D eigenvalue weighted by Gasteiger charge is -2.13. The van der Waals surface area contributed by atoms with E-state index in [9.17, 15) is 0 Å². The lowest BCUT2D eigenvalue weighted by atomic mass is 10.2. The molecule has 2 rings (SSSR count). The lowest BCUT2D eigenvalue weighted by molar-refractivity contribution is 0.260. The Hall–Kier alpha value is -0.870. The van der Waals surface area contributed by atoms with E-state index in [0.717, 1.165) is 42.9 Å². The molecule has 1 saturated carbocycles. The molecule has 4 heteroatoms. The molecule has 108 valence electrons. The maximum atomic E-state index is 5.39. The Kier molecular flexibility index (Phi) is 4.99. The molecule has 0 aromatic carbocycles. The van der Waals surface area contributed by atoms with Crippen LogP contribution in [0.5, 0.6) is 0 Å². The fraction of sp³-hybridized carbons (Fsp3) is 0.800. The number of hydrogen-bond donors (Lipinski definition) is 1. The third-order valence-electron chi connectivity index (χ3n) is 3.71. The first-order valence-corrected chi connectivity index (χ1v) is 7.38. The SMILES string of the molecule is CC(C)CNCc1cc(CN(C)CC2CC2C)on1. The van der Waals surface area contributed by atoms with Gasteiger partial charge >= 0.3 is 0 Å². The summed E-state index contributed by atoms with van der Waals surface area (Å²) in [6, 6.07) is 2.07. The Morgan fingerprint density at radius 2 is 2.26 bits per heavy atom. The molecule has 4 nitrogen and oxygen atoms in total. The van der Waals surface area contributed by atoms with Crippen LogP contribution in [0.15, 0.2) is 10.6 Å². The predicted octanol–water partition coefficient (Wildman–Crippen LogP) is 2.51. The Balaban J connectivity index is 1.70. The van der Waals surface area contributed by atoms with Crippen molar-refractivity contribution in [1.82, 2.24) is 15.4 Å². The van der Waals surface area contributed by atoms with Crippen molar-refractivity contribution in [3.63, 3.8) is 0 Å². The minimum atomic E-state index is 0.665. The Morgan fingerprint density at radius 3 is 2.89 bits per heavy atom. The first-order valence-electron chi connectivity index (χ1n) is 7.38. The largest absolute Gasteiger partial charge is 0.360 e. The van der Waals surface area contributed by atoms with E-state index < -0.39 is 0 Å². The maximum absolute atomic E-state index is 5.39. The van der Waals surface area contributed by atoms with Gasteiger partial charge in [-0.2, -0.15) is 0 Å². The van der Waals surface area contributed by atoms with E-state index in [0.29, 0.717) is 5.92 Å². The van der Waals surface area contributed by atoms with Crippen molar-refractivity contribution in [2.45, 2.75) is 40.3 Å². The van der Waals surface area contributed by atoms with Crippen molar-refractivity contribution in [3.8, 4) is 0 Å². The van der Waals surface area contributed by atoms with Crippen molar-refractivity contribution in [2.24, 2.45) is 17.8 Å². The molecule has 1 aromatic heterocycles. The third kappa shape index (κ3) is 4.96. The van der Waals surface area contributed by atoms with Crippen LogP contribution in [-0.4, -0.2) is 30.2 Å². The van der Waals surface area contributed by atoms with Crippen molar-refractivity contribution < 1.29 is 4.52 Å². The predicted molar refractivity (Wildman–Crippen MR) is 76.7 cm³/mol. The highest BCUT2D eigenvalue weighted by molar-refractivity contribution is 5.05. The zero-order valence-corrected chi connectivity index (χ0v) is 12.6. The monoisotopic (exact) mass is 265 g/mol. The van der Waals surface area contributed by atoms with E-state index in [1.165, 1.54) is 13.0 Å². The standard InChI is InChI=1S/C15H27N3O/c1-11(2)7-16-8-14-6-15(19-17-14)10-18(4)9-13-5-12(13)3/h6,11-13,16H,5,7-10H2,1-4H3. The van der Waals surface area contributed by atoms with Gasteiger partial charge in [-0.3, -0.25) is 4.90 Å². The van der Waals surface area contributed by atoms with Gasteiger partial charge in [-0.05, 0) is 37.8 Å². The molecule has 2 atom stereocenters. The highest BCUT2D eigenvalue weighted by Gasteiger charge is 2.33. The fourth-order valence-corrected chi connectivity index (χ4v) is 2.39. The van der Waals surface area contributed by atoms with E-state index in [1.54, 1.807) is 0 Å². The molecule has 0 aliphatic heterocycles. The first kappa shape index (κ1) is 14.5. The fourth-order valence-electron chi connectivity index (χ4n) is 2.39. The summed E-state index contributed by atoms with van der Waals surface area (Å²) in [5.74, 6) is 3.43. The molecule has 0 saturated heterocycles. The number of aromatic nitrogens is 1. The quantitative estimate of drug-likeness (QED) is 0.784. The molecule has 2 unspecified atom stereocenters. The van der Waals surface area contributed by atoms with Crippen LogP contribution >= 0.6 is 0 Å². The van der Waals surface area contributed by atoms with E-state index in [-0.39, 0.29) is 0 Å². The Labute approximate surface area is 116 Å². The number of rotatable bonds is 8. The van der Waals surface area contributed by atoms with Crippen LogP contribution in [0.3, 0.4) is 0 Å². The van der Waals surface area contributed by atoms with Gasteiger partial charge in [0, 0.05) is 19.2 Å².